The summed E-state index contributed by atoms with van der Waals surface area (Å²) in [5.74, 6) is 0.347. The van der Waals surface area contributed by atoms with Crippen molar-refractivity contribution in [1.82, 2.24) is 24.8 Å². The van der Waals surface area contributed by atoms with Gasteiger partial charge in [-0.15, -0.1) is 10.2 Å². The molecule has 0 aliphatic carbocycles. The van der Waals surface area contributed by atoms with Gasteiger partial charge in [0.2, 0.25) is 16.0 Å². The van der Waals surface area contributed by atoms with Crippen LogP contribution in [0.5, 0.6) is 0 Å². The second-order valence-corrected chi connectivity index (χ2v) is 10.9. The largest absolute Gasteiger partial charge is 0.323 e. The molecule has 0 amide bonds. The number of aromatic nitrogens is 3. The van der Waals surface area contributed by atoms with Gasteiger partial charge in [0, 0.05) is 18.8 Å². The van der Waals surface area contributed by atoms with E-state index in [0.717, 1.165) is 36.2 Å². The highest BCUT2D eigenvalue weighted by Gasteiger charge is 2.15. The first-order valence-electron chi connectivity index (χ1n) is 12.6. The molecule has 0 radical (unpaired) electrons. The Hall–Kier alpha value is -3.40. The smallest absolute Gasteiger partial charge is 0.247 e. The van der Waals surface area contributed by atoms with Crippen LogP contribution < -0.4 is 10.0 Å². The second-order valence-electron chi connectivity index (χ2n) is 9.09. The molecule has 2 N–H and O–H groups in total. The zero-order chi connectivity index (χ0) is 26.4. The number of aryl methyl sites for hydroxylation is 2. The second kappa shape index (κ2) is 11.8. The maximum absolute atomic E-state index is 12.7. The first-order valence-corrected chi connectivity index (χ1v) is 14.1. The molecule has 0 spiro atoms. The summed E-state index contributed by atoms with van der Waals surface area (Å²) in [5, 5.41) is 11.7. The molecule has 9 heteroatoms. The van der Waals surface area contributed by atoms with Crippen molar-refractivity contribution < 1.29 is 8.42 Å². The van der Waals surface area contributed by atoms with E-state index in [1.165, 1.54) is 11.1 Å². The van der Waals surface area contributed by atoms with Gasteiger partial charge in [-0.1, -0.05) is 38.1 Å². The average Bonchev–Trinajstić information content (AvgIpc) is 2.88. The van der Waals surface area contributed by atoms with E-state index < -0.39 is 10.0 Å². The van der Waals surface area contributed by atoms with E-state index >= 15 is 0 Å². The zero-order valence-corrected chi connectivity index (χ0v) is 22.6. The zero-order valence-electron chi connectivity index (χ0n) is 21.8. The van der Waals surface area contributed by atoms with Gasteiger partial charge >= 0.3 is 0 Å². The highest BCUT2D eigenvalue weighted by Crippen LogP contribution is 2.29. The Morgan fingerprint density at radius 3 is 2.30 bits per heavy atom. The van der Waals surface area contributed by atoms with E-state index in [9.17, 15) is 8.42 Å². The first-order chi connectivity index (χ1) is 17.8. The normalized spacial score (nSPS) is 11.8. The maximum atomic E-state index is 12.7. The van der Waals surface area contributed by atoms with E-state index in [2.05, 4.69) is 69.9 Å². The topological polar surface area (TPSA) is 100 Å². The Bertz CT molecular complexity index is 1470. The fourth-order valence-corrected chi connectivity index (χ4v) is 5.34. The van der Waals surface area contributed by atoms with Gasteiger partial charge in [0.1, 0.15) is 5.52 Å². The highest BCUT2D eigenvalue weighted by atomic mass is 32.2. The lowest BCUT2D eigenvalue weighted by molar-refractivity contribution is 0.293. The molecule has 4 aromatic rings. The molecule has 0 aliphatic heterocycles. The summed E-state index contributed by atoms with van der Waals surface area (Å²) in [5.41, 5.74) is 6.70. The SMILES string of the molecule is CCCN(CC)CCNS(=O)(=O)c1ccc(Nc2nnc3cc(-c4ccccc4C)c(C)cc3n2)cc1. The van der Waals surface area contributed by atoms with Gasteiger partial charge in [-0.05, 0) is 92.0 Å². The molecular weight excluding hydrogens is 484 g/mol. The minimum absolute atomic E-state index is 0.216. The number of hydrogen-bond donors (Lipinski definition) is 2. The van der Waals surface area contributed by atoms with Crippen LogP contribution in [0.1, 0.15) is 31.4 Å². The molecule has 1 aromatic heterocycles. The van der Waals surface area contributed by atoms with Crippen molar-refractivity contribution >= 4 is 32.7 Å². The molecular formula is C28H34N6O2S. The molecule has 8 nitrogen and oxygen atoms in total. The quantitative estimate of drug-likeness (QED) is 0.286. The molecule has 194 valence electrons. The predicted molar refractivity (Wildman–Crippen MR) is 150 cm³/mol. The molecule has 4 rings (SSSR count). The molecule has 0 aliphatic rings. The van der Waals surface area contributed by atoms with Crippen molar-refractivity contribution in [1.29, 1.82) is 0 Å². The third-order valence-electron chi connectivity index (χ3n) is 6.36. The van der Waals surface area contributed by atoms with Crippen LogP contribution in [-0.2, 0) is 10.0 Å². The van der Waals surface area contributed by atoms with Crippen LogP contribution in [0.3, 0.4) is 0 Å². The van der Waals surface area contributed by atoms with Crippen molar-refractivity contribution in [3.63, 3.8) is 0 Å². The minimum Gasteiger partial charge on any atom is -0.323 e. The molecule has 0 fully saturated rings. The van der Waals surface area contributed by atoms with Gasteiger partial charge in [0.15, 0.2) is 0 Å². The van der Waals surface area contributed by atoms with Crippen LogP contribution in [0.15, 0.2) is 65.6 Å². The summed E-state index contributed by atoms with van der Waals surface area (Å²) in [7, 11) is -3.58. The Morgan fingerprint density at radius 2 is 1.59 bits per heavy atom. The molecule has 0 saturated heterocycles. The number of fused-ring (bicyclic) bond motifs is 1. The summed E-state index contributed by atoms with van der Waals surface area (Å²) in [6.45, 7) is 11.3. The minimum atomic E-state index is -3.58. The molecule has 0 bridgehead atoms. The molecule has 3 aromatic carbocycles. The number of hydrogen-bond acceptors (Lipinski definition) is 7. The maximum Gasteiger partial charge on any atom is 0.247 e. The number of nitrogens with zero attached hydrogens (tertiary/aromatic N) is 4. The van der Waals surface area contributed by atoms with Crippen LogP contribution in [0.4, 0.5) is 11.6 Å². The monoisotopic (exact) mass is 518 g/mol. The Balaban J connectivity index is 1.45. The molecule has 37 heavy (non-hydrogen) atoms. The lowest BCUT2D eigenvalue weighted by Crippen LogP contribution is -2.35. The van der Waals surface area contributed by atoms with Crippen LogP contribution in [0.25, 0.3) is 22.2 Å². The van der Waals surface area contributed by atoms with Gasteiger partial charge in [-0.2, -0.15) is 0 Å². The standard InChI is InChI=1S/C28H34N6O2S/c1-5-16-34(6-2)17-15-29-37(35,36)23-13-11-22(12-14-23)30-28-31-26-18-21(4)25(19-27(26)32-33-28)24-10-8-7-9-20(24)3/h7-14,18-19,29H,5-6,15-17H2,1-4H3,(H,30,31,33). The van der Waals surface area contributed by atoms with Crippen LogP contribution in [-0.4, -0.2) is 54.7 Å². The van der Waals surface area contributed by atoms with Gasteiger partial charge in [0.05, 0.1) is 10.4 Å². The van der Waals surface area contributed by atoms with E-state index in [4.69, 9.17) is 0 Å². The van der Waals surface area contributed by atoms with Crippen LogP contribution >= 0.6 is 0 Å². The molecule has 0 unspecified atom stereocenters. The fourth-order valence-electron chi connectivity index (χ4n) is 4.32. The summed E-state index contributed by atoms with van der Waals surface area (Å²) < 4.78 is 28.0. The van der Waals surface area contributed by atoms with Crippen molar-refractivity contribution in [2.45, 2.75) is 39.0 Å². The first kappa shape index (κ1) is 26.7. The van der Waals surface area contributed by atoms with E-state index in [1.807, 2.05) is 24.3 Å². The summed E-state index contributed by atoms with van der Waals surface area (Å²) in [6, 6.07) is 18.8. The predicted octanol–water partition coefficient (Wildman–Crippen LogP) is 5.06. The third-order valence-corrected chi connectivity index (χ3v) is 7.84. The lowest BCUT2D eigenvalue weighted by atomic mass is 9.96. The number of benzene rings is 3. The van der Waals surface area contributed by atoms with Crippen LogP contribution in [0.2, 0.25) is 0 Å². The number of anilines is 2. The number of sulfonamides is 1. The van der Waals surface area contributed by atoms with Gasteiger partial charge < -0.3 is 10.2 Å². The van der Waals surface area contributed by atoms with Crippen molar-refractivity contribution in [3.05, 3.63) is 71.8 Å². The Kier molecular flexibility index (Phi) is 8.48. The summed E-state index contributed by atoms with van der Waals surface area (Å²) >= 11 is 0. The van der Waals surface area contributed by atoms with Crippen LogP contribution in [0, 0.1) is 13.8 Å². The van der Waals surface area contributed by atoms with Gasteiger partial charge in [-0.3, -0.25) is 0 Å². The fraction of sp³-hybridized carbons (Fsp3) is 0.321. The Morgan fingerprint density at radius 1 is 0.838 bits per heavy atom. The Labute approximate surface area is 219 Å². The van der Waals surface area contributed by atoms with E-state index in [-0.39, 0.29) is 4.90 Å². The van der Waals surface area contributed by atoms with E-state index in [0.29, 0.717) is 30.2 Å². The molecule has 1 heterocycles. The number of likely N-dealkylation sites (N-methyl/N-ethyl adjacent to an activating group) is 1. The van der Waals surface area contributed by atoms with Gasteiger partial charge in [0.25, 0.3) is 0 Å². The van der Waals surface area contributed by atoms with Crippen molar-refractivity contribution in [3.8, 4) is 11.1 Å². The average molecular weight is 519 g/mol. The van der Waals surface area contributed by atoms with Crippen molar-refractivity contribution in [2.24, 2.45) is 0 Å². The number of nitrogens with one attached hydrogen (secondary N) is 2. The summed E-state index contributed by atoms with van der Waals surface area (Å²) in [4.78, 5) is 7.06. The molecule has 0 atom stereocenters. The third kappa shape index (κ3) is 6.49. The lowest BCUT2D eigenvalue weighted by Gasteiger charge is -2.19. The van der Waals surface area contributed by atoms with Crippen molar-refractivity contribution in [2.75, 3.05) is 31.5 Å². The van der Waals surface area contributed by atoms with E-state index in [1.54, 1.807) is 24.3 Å². The highest BCUT2D eigenvalue weighted by molar-refractivity contribution is 7.89. The molecule has 0 saturated carbocycles. The van der Waals surface area contributed by atoms with Gasteiger partial charge in [-0.25, -0.2) is 18.1 Å². The number of rotatable bonds is 11. The summed E-state index contributed by atoms with van der Waals surface area (Å²) in [6.07, 6.45) is 1.04.